The summed E-state index contributed by atoms with van der Waals surface area (Å²) in [6, 6.07) is 11.5. The van der Waals surface area contributed by atoms with Crippen molar-refractivity contribution in [1.29, 1.82) is 0 Å². The van der Waals surface area contributed by atoms with Crippen molar-refractivity contribution in [3.63, 3.8) is 0 Å². The van der Waals surface area contributed by atoms with Gasteiger partial charge >= 0.3 is 6.03 Å². The number of urea groups is 1. The number of methoxy groups -OCH3 is 1. The zero-order valence-corrected chi connectivity index (χ0v) is 14.8. The van der Waals surface area contributed by atoms with Gasteiger partial charge < -0.3 is 10.1 Å². The number of nitrogens with one attached hydrogen (secondary N) is 2. The highest BCUT2D eigenvalue weighted by atomic mass is 19.1. The van der Waals surface area contributed by atoms with E-state index in [9.17, 15) is 18.8 Å². The number of rotatable bonds is 5. The number of hydrazine groups is 1. The highest BCUT2D eigenvalue weighted by molar-refractivity contribution is 6.08. The fraction of sp³-hybridized carbons (Fsp3) is 0.211. The Balaban J connectivity index is 1.76. The summed E-state index contributed by atoms with van der Waals surface area (Å²) < 4.78 is 18.4. The number of halogens is 1. The maximum Gasteiger partial charge on any atom is 0.344 e. The molecule has 0 spiro atoms. The fourth-order valence-corrected chi connectivity index (χ4v) is 2.87. The van der Waals surface area contributed by atoms with Crippen molar-refractivity contribution in [3.05, 3.63) is 65.5 Å². The van der Waals surface area contributed by atoms with Crippen molar-refractivity contribution in [2.75, 3.05) is 7.11 Å². The highest BCUT2D eigenvalue weighted by Crippen LogP contribution is 2.30. The predicted molar refractivity (Wildman–Crippen MR) is 94.0 cm³/mol. The summed E-state index contributed by atoms with van der Waals surface area (Å²) in [4.78, 5) is 37.3. The lowest BCUT2D eigenvalue weighted by molar-refractivity contribution is -0.138. The van der Waals surface area contributed by atoms with Gasteiger partial charge in [0.05, 0.1) is 13.5 Å². The molecule has 7 nitrogen and oxygen atoms in total. The second-order valence-corrected chi connectivity index (χ2v) is 6.27. The van der Waals surface area contributed by atoms with Crippen LogP contribution in [-0.2, 0) is 21.5 Å². The molecule has 0 unspecified atom stereocenters. The van der Waals surface area contributed by atoms with E-state index in [2.05, 4.69) is 10.7 Å². The third-order valence-electron chi connectivity index (χ3n) is 4.33. The molecule has 0 saturated carbocycles. The van der Waals surface area contributed by atoms with E-state index in [1.54, 1.807) is 37.3 Å². The Morgan fingerprint density at radius 2 is 1.96 bits per heavy atom. The van der Waals surface area contributed by atoms with Gasteiger partial charge in [0, 0.05) is 0 Å². The van der Waals surface area contributed by atoms with Gasteiger partial charge in [-0.3, -0.25) is 15.0 Å². The molecule has 3 rings (SSSR count). The van der Waals surface area contributed by atoms with Crippen LogP contribution >= 0.6 is 0 Å². The predicted octanol–water partition coefficient (Wildman–Crippen LogP) is 1.88. The minimum atomic E-state index is -1.35. The second-order valence-electron chi connectivity index (χ2n) is 6.27. The van der Waals surface area contributed by atoms with Crippen LogP contribution in [-0.4, -0.2) is 30.0 Å². The average molecular weight is 371 g/mol. The Morgan fingerprint density at radius 3 is 2.67 bits per heavy atom. The van der Waals surface area contributed by atoms with Crippen LogP contribution in [0.15, 0.2) is 48.5 Å². The molecule has 4 amide bonds. The maximum atomic E-state index is 13.2. The summed E-state index contributed by atoms with van der Waals surface area (Å²) in [5.74, 6) is -1.18. The molecule has 1 saturated heterocycles. The number of benzene rings is 2. The van der Waals surface area contributed by atoms with Gasteiger partial charge in [-0.2, -0.15) is 5.01 Å². The minimum absolute atomic E-state index is 0.176. The molecule has 1 fully saturated rings. The van der Waals surface area contributed by atoms with E-state index in [-0.39, 0.29) is 6.42 Å². The molecular formula is C19H18FN3O4. The minimum Gasteiger partial charge on any atom is -0.497 e. The molecule has 1 heterocycles. The zero-order chi connectivity index (χ0) is 19.6. The van der Waals surface area contributed by atoms with E-state index in [0.717, 1.165) is 0 Å². The standard InChI is InChI=1S/C19H18FN3O4/c1-19(13-6-4-8-15(11-13)27-2)17(25)23(18(26)21-19)22-16(24)10-12-5-3-7-14(20)9-12/h3-9,11H,10H2,1-2H3,(H,21,26)(H,22,24)/t19-/m0/s1. The Hall–Kier alpha value is -3.42. The van der Waals surface area contributed by atoms with Crippen molar-refractivity contribution >= 4 is 17.8 Å². The first-order chi connectivity index (χ1) is 12.8. The van der Waals surface area contributed by atoms with Crippen molar-refractivity contribution in [1.82, 2.24) is 15.8 Å². The van der Waals surface area contributed by atoms with Crippen LogP contribution in [0.4, 0.5) is 9.18 Å². The molecule has 1 atom stereocenters. The maximum absolute atomic E-state index is 13.2. The summed E-state index contributed by atoms with van der Waals surface area (Å²) in [6.07, 6.45) is -0.176. The quantitative estimate of drug-likeness (QED) is 0.786. The Bertz CT molecular complexity index is 917. The summed E-state index contributed by atoms with van der Waals surface area (Å²) in [5, 5.41) is 3.22. The molecule has 1 aliphatic heterocycles. The smallest absolute Gasteiger partial charge is 0.344 e. The van der Waals surface area contributed by atoms with Crippen LogP contribution in [0.25, 0.3) is 0 Å². The Kier molecular flexibility index (Phi) is 4.81. The first-order valence-electron chi connectivity index (χ1n) is 8.18. The van der Waals surface area contributed by atoms with E-state index in [4.69, 9.17) is 4.74 Å². The lowest BCUT2D eigenvalue weighted by Gasteiger charge is -2.22. The van der Waals surface area contributed by atoms with E-state index in [1.165, 1.54) is 25.3 Å². The number of carbonyl (C=O) groups is 3. The largest absolute Gasteiger partial charge is 0.497 e. The monoisotopic (exact) mass is 371 g/mol. The van der Waals surface area contributed by atoms with Crippen LogP contribution in [0.5, 0.6) is 5.75 Å². The van der Waals surface area contributed by atoms with Crippen LogP contribution in [0.3, 0.4) is 0 Å². The van der Waals surface area contributed by atoms with Crippen LogP contribution in [0, 0.1) is 5.82 Å². The molecule has 2 aromatic rings. The number of nitrogens with zero attached hydrogens (tertiary/aromatic N) is 1. The normalized spacial score (nSPS) is 19.0. The summed E-state index contributed by atoms with van der Waals surface area (Å²) in [5.41, 5.74) is 1.87. The molecule has 8 heteroatoms. The molecule has 27 heavy (non-hydrogen) atoms. The van der Waals surface area contributed by atoms with E-state index < -0.39 is 29.2 Å². The highest BCUT2D eigenvalue weighted by Gasteiger charge is 2.50. The Morgan fingerprint density at radius 1 is 1.22 bits per heavy atom. The molecule has 1 aliphatic rings. The molecular weight excluding hydrogens is 353 g/mol. The van der Waals surface area contributed by atoms with E-state index in [0.29, 0.717) is 21.9 Å². The van der Waals surface area contributed by atoms with Gasteiger partial charge in [-0.1, -0.05) is 24.3 Å². The topological polar surface area (TPSA) is 87.7 Å². The molecule has 0 aromatic heterocycles. The number of carbonyl (C=O) groups excluding carboxylic acids is 3. The number of imide groups is 1. The number of hydrogen-bond donors (Lipinski definition) is 2. The molecule has 0 bridgehead atoms. The van der Waals surface area contributed by atoms with Gasteiger partial charge in [0.1, 0.15) is 17.1 Å². The van der Waals surface area contributed by atoms with Gasteiger partial charge in [0.2, 0.25) is 5.91 Å². The SMILES string of the molecule is COc1cccc([C@]2(C)NC(=O)N(NC(=O)Cc3cccc(F)c3)C2=O)c1. The van der Waals surface area contributed by atoms with E-state index in [1.807, 2.05) is 0 Å². The first-order valence-corrected chi connectivity index (χ1v) is 8.18. The fourth-order valence-electron chi connectivity index (χ4n) is 2.87. The van der Waals surface area contributed by atoms with Gasteiger partial charge in [-0.05, 0) is 42.3 Å². The third kappa shape index (κ3) is 3.59. The lowest BCUT2D eigenvalue weighted by atomic mass is 9.92. The van der Waals surface area contributed by atoms with Gasteiger partial charge in [-0.25, -0.2) is 9.18 Å². The zero-order valence-electron chi connectivity index (χ0n) is 14.8. The van der Waals surface area contributed by atoms with Crippen molar-refractivity contribution in [3.8, 4) is 5.75 Å². The van der Waals surface area contributed by atoms with Gasteiger partial charge in [0.15, 0.2) is 0 Å². The Labute approximate surface area is 155 Å². The first kappa shape index (κ1) is 18.4. The molecule has 140 valence electrons. The van der Waals surface area contributed by atoms with Crippen molar-refractivity contribution in [2.24, 2.45) is 0 Å². The van der Waals surface area contributed by atoms with Crippen LogP contribution < -0.4 is 15.5 Å². The van der Waals surface area contributed by atoms with E-state index >= 15 is 0 Å². The van der Waals surface area contributed by atoms with Crippen LogP contribution in [0.1, 0.15) is 18.1 Å². The van der Waals surface area contributed by atoms with Gasteiger partial charge in [-0.15, -0.1) is 0 Å². The molecule has 0 radical (unpaired) electrons. The molecule has 0 aliphatic carbocycles. The van der Waals surface area contributed by atoms with Crippen LogP contribution in [0.2, 0.25) is 0 Å². The lowest BCUT2D eigenvalue weighted by Crippen LogP contribution is -2.48. The number of ether oxygens (including phenoxy) is 1. The van der Waals surface area contributed by atoms with Crippen molar-refractivity contribution < 1.29 is 23.5 Å². The number of hydrogen-bond acceptors (Lipinski definition) is 4. The second kappa shape index (κ2) is 7.06. The van der Waals surface area contributed by atoms with Crippen molar-refractivity contribution in [2.45, 2.75) is 18.9 Å². The average Bonchev–Trinajstić information content (AvgIpc) is 2.86. The molecule has 2 aromatic carbocycles. The third-order valence-corrected chi connectivity index (χ3v) is 4.33. The van der Waals surface area contributed by atoms with Gasteiger partial charge in [0.25, 0.3) is 5.91 Å². The molecule has 2 N–H and O–H groups in total. The summed E-state index contributed by atoms with van der Waals surface area (Å²) in [7, 11) is 1.50. The summed E-state index contributed by atoms with van der Waals surface area (Å²) >= 11 is 0. The number of amides is 4. The summed E-state index contributed by atoms with van der Waals surface area (Å²) in [6.45, 7) is 1.54.